The quantitative estimate of drug-likeness (QED) is 0.893. The number of hydrogen-bond donors (Lipinski definition) is 1. The number of halogens is 1. The van der Waals surface area contributed by atoms with Gasteiger partial charge in [0.1, 0.15) is 5.82 Å². The molecule has 0 aliphatic carbocycles. The third kappa shape index (κ3) is 2.98. The van der Waals surface area contributed by atoms with Gasteiger partial charge in [-0.1, -0.05) is 13.8 Å². The van der Waals surface area contributed by atoms with Crippen molar-refractivity contribution in [3.8, 4) is 0 Å². The number of hydrogen-bond acceptors (Lipinski definition) is 3. The summed E-state index contributed by atoms with van der Waals surface area (Å²) in [6, 6.07) is 4.81. The van der Waals surface area contributed by atoms with E-state index in [-0.39, 0.29) is 11.9 Å². The van der Waals surface area contributed by atoms with Gasteiger partial charge in [-0.3, -0.25) is 0 Å². The van der Waals surface area contributed by atoms with Gasteiger partial charge >= 0.3 is 0 Å². The van der Waals surface area contributed by atoms with E-state index in [0.717, 1.165) is 24.3 Å². The normalized spacial score (nSPS) is 26.2. The molecule has 1 aliphatic rings. The van der Waals surface area contributed by atoms with Crippen molar-refractivity contribution in [1.29, 1.82) is 0 Å². The lowest BCUT2D eigenvalue weighted by atomic mass is 10.0. The van der Waals surface area contributed by atoms with Gasteiger partial charge in [0, 0.05) is 35.3 Å². The molecule has 0 amide bonds. The minimum atomic E-state index is -0.210. The molecule has 3 atom stereocenters. The fraction of sp³-hybridized carbons (Fsp3) is 0.571. The van der Waals surface area contributed by atoms with Crippen molar-refractivity contribution in [2.45, 2.75) is 37.3 Å². The van der Waals surface area contributed by atoms with E-state index >= 15 is 0 Å². The Kier molecular flexibility index (Phi) is 4.17. The van der Waals surface area contributed by atoms with Crippen molar-refractivity contribution in [3.63, 3.8) is 0 Å². The van der Waals surface area contributed by atoms with Crippen LogP contribution < -0.4 is 10.6 Å². The first-order valence-electron chi connectivity index (χ1n) is 6.43. The molecule has 2 N–H and O–H groups in total. The Labute approximate surface area is 113 Å². The highest BCUT2D eigenvalue weighted by atomic mass is 32.2. The van der Waals surface area contributed by atoms with Crippen LogP contribution in [-0.4, -0.2) is 23.6 Å². The number of rotatable bonds is 2. The van der Waals surface area contributed by atoms with Gasteiger partial charge in [-0.2, -0.15) is 11.8 Å². The maximum atomic E-state index is 13.3. The second-order valence-corrected chi connectivity index (χ2v) is 7.04. The average molecular weight is 268 g/mol. The summed E-state index contributed by atoms with van der Waals surface area (Å²) in [5.74, 6) is -0.210. The van der Waals surface area contributed by atoms with E-state index in [4.69, 9.17) is 5.73 Å². The van der Waals surface area contributed by atoms with Gasteiger partial charge in [0.15, 0.2) is 0 Å². The first-order chi connectivity index (χ1) is 8.47. The number of anilines is 1. The van der Waals surface area contributed by atoms with E-state index in [1.807, 2.05) is 24.8 Å². The Morgan fingerprint density at radius 1 is 1.33 bits per heavy atom. The van der Waals surface area contributed by atoms with Crippen LogP contribution in [-0.2, 0) is 0 Å². The Morgan fingerprint density at radius 2 is 1.94 bits per heavy atom. The Hall–Kier alpha value is -0.740. The second-order valence-electron chi connectivity index (χ2n) is 5.15. The van der Waals surface area contributed by atoms with Crippen LogP contribution in [0.25, 0.3) is 0 Å². The third-order valence-corrected chi connectivity index (χ3v) is 4.47. The van der Waals surface area contributed by atoms with Gasteiger partial charge in [0.05, 0.1) is 0 Å². The molecule has 4 heteroatoms. The fourth-order valence-corrected chi connectivity index (χ4v) is 3.88. The van der Waals surface area contributed by atoms with Crippen molar-refractivity contribution >= 4 is 17.4 Å². The molecule has 2 rings (SSSR count). The van der Waals surface area contributed by atoms with Crippen molar-refractivity contribution in [1.82, 2.24) is 0 Å². The minimum absolute atomic E-state index is 0.143. The molecule has 0 aromatic heterocycles. The summed E-state index contributed by atoms with van der Waals surface area (Å²) in [5, 5.41) is 1.19. The lowest BCUT2D eigenvalue weighted by Crippen LogP contribution is -2.41. The highest BCUT2D eigenvalue weighted by Gasteiger charge is 2.24. The second kappa shape index (κ2) is 5.49. The summed E-state index contributed by atoms with van der Waals surface area (Å²) in [7, 11) is 0. The van der Waals surface area contributed by atoms with E-state index in [1.54, 1.807) is 6.07 Å². The zero-order chi connectivity index (χ0) is 13.3. The number of benzene rings is 1. The third-order valence-electron chi connectivity index (χ3n) is 3.24. The maximum Gasteiger partial charge on any atom is 0.123 e. The van der Waals surface area contributed by atoms with E-state index < -0.39 is 0 Å². The highest BCUT2D eigenvalue weighted by Crippen LogP contribution is 2.32. The Morgan fingerprint density at radius 3 is 2.50 bits per heavy atom. The SMILES string of the molecule is CC1CN(c2ccc(F)cc2[C@@H](C)N)CC(C)S1. The van der Waals surface area contributed by atoms with Crippen molar-refractivity contribution < 1.29 is 4.39 Å². The van der Waals surface area contributed by atoms with Gasteiger partial charge in [-0.25, -0.2) is 4.39 Å². The molecule has 1 fully saturated rings. The lowest BCUT2D eigenvalue weighted by Gasteiger charge is -2.37. The zero-order valence-corrected chi connectivity index (χ0v) is 12.0. The highest BCUT2D eigenvalue weighted by molar-refractivity contribution is 8.00. The van der Waals surface area contributed by atoms with E-state index in [0.29, 0.717) is 10.5 Å². The first-order valence-corrected chi connectivity index (χ1v) is 7.37. The fourth-order valence-electron chi connectivity index (χ4n) is 2.55. The molecular formula is C14H21FN2S. The van der Waals surface area contributed by atoms with Crippen molar-refractivity contribution in [2.75, 3.05) is 18.0 Å². The van der Waals surface area contributed by atoms with E-state index in [9.17, 15) is 4.39 Å². The zero-order valence-electron chi connectivity index (χ0n) is 11.2. The van der Waals surface area contributed by atoms with Gasteiger partial charge in [0.2, 0.25) is 0 Å². The largest absolute Gasteiger partial charge is 0.369 e. The molecule has 1 aliphatic heterocycles. The van der Waals surface area contributed by atoms with Crippen LogP contribution in [0.2, 0.25) is 0 Å². The molecule has 1 aromatic rings. The molecule has 1 heterocycles. The summed E-state index contributed by atoms with van der Waals surface area (Å²) in [6.45, 7) is 8.38. The molecule has 2 unspecified atom stereocenters. The van der Waals surface area contributed by atoms with Crippen LogP contribution >= 0.6 is 11.8 Å². The van der Waals surface area contributed by atoms with Crippen molar-refractivity contribution in [2.24, 2.45) is 5.73 Å². The Balaban J connectivity index is 2.32. The molecule has 0 spiro atoms. The van der Waals surface area contributed by atoms with E-state index in [1.165, 1.54) is 6.07 Å². The van der Waals surface area contributed by atoms with Gasteiger partial charge < -0.3 is 10.6 Å². The van der Waals surface area contributed by atoms with Gasteiger partial charge in [-0.05, 0) is 30.7 Å². The predicted octanol–water partition coefficient (Wildman–Crippen LogP) is 3.18. The summed E-state index contributed by atoms with van der Waals surface area (Å²) >= 11 is 2.01. The summed E-state index contributed by atoms with van der Waals surface area (Å²) in [5.41, 5.74) is 7.95. The molecule has 1 saturated heterocycles. The monoisotopic (exact) mass is 268 g/mol. The molecule has 1 aromatic carbocycles. The number of nitrogens with zero attached hydrogens (tertiary/aromatic N) is 1. The van der Waals surface area contributed by atoms with Crippen LogP contribution in [0.4, 0.5) is 10.1 Å². The Bertz CT molecular complexity index is 412. The standard InChI is InChI=1S/C14H21FN2S/c1-9-7-17(8-10(2)18-9)14-5-4-12(15)6-13(14)11(3)16/h4-6,9-11H,7-8,16H2,1-3H3/t9?,10?,11-/m1/s1. The minimum Gasteiger partial charge on any atom is -0.369 e. The predicted molar refractivity (Wildman–Crippen MR) is 77.7 cm³/mol. The number of nitrogens with two attached hydrogens (primary N) is 1. The molecule has 100 valence electrons. The average Bonchev–Trinajstić information content (AvgIpc) is 2.27. The molecule has 18 heavy (non-hydrogen) atoms. The van der Waals surface area contributed by atoms with Crippen LogP contribution in [0.15, 0.2) is 18.2 Å². The van der Waals surface area contributed by atoms with Gasteiger partial charge in [0.25, 0.3) is 0 Å². The smallest absolute Gasteiger partial charge is 0.123 e. The summed E-state index contributed by atoms with van der Waals surface area (Å²) in [6.07, 6.45) is 0. The van der Waals surface area contributed by atoms with Gasteiger partial charge in [-0.15, -0.1) is 0 Å². The van der Waals surface area contributed by atoms with Crippen LogP contribution in [0, 0.1) is 5.82 Å². The lowest BCUT2D eigenvalue weighted by molar-refractivity contribution is 0.620. The molecular weight excluding hydrogens is 247 g/mol. The molecule has 0 bridgehead atoms. The summed E-state index contributed by atoms with van der Waals surface area (Å²) < 4.78 is 13.3. The summed E-state index contributed by atoms with van der Waals surface area (Å²) in [4.78, 5) is 2.34. The maximum absolute atomic E-state index is 13.3. The molecule has 2 nitrogen and oxygen atoms in total. The van der Waals surface area contributed by atoms with Crippen LogP contribution in [0.3, 0.4) is 0 Å². The first kappa shape index (κ1) is 13.7. The topological polar surface area (TPSA) is 29.3 Å². The molecule has 0 radical (unpaired) electrons. The van der Waals surface area contributed by atoms with Crippen molar-refractivity contribution in [3.05, 3.63) is 29.6 Å². The number of thioether (sulfide) groups is 1. The van der Waals surface area contributed by atoms with Crippen LogP contribution in [0.1, 0.15) is 32.4 Å². The van der Waals surface area contributed by atoms with E-state index in [2.05, 4.69) is 18.7 Å². The molecule has 0 saturated carbocycles. The van der Waals surface area contributed by atoms with Crippen LogP contribution in [0.5, 0.6) is 0 Å².